The van der Waals surface area contributed by atoms with Gasteiger partial charge in [0, 0.05) is 29.9 Å². The molecule has 0 aliphatic carbocycles. The molecule has 21 heavy (non-hydrogen) atoms. The third-order valence-corrected chi connectivity index (χ3v) is 2.97. The monoisotopic (exact) mass is 295 g/mol. The van der Waals surface area contributed by atoms with E-state index in [-0.39, 0.29) is 6.42 Å². The molecule has 110 valence electrons. The Kier molecular flexibility index (Phi) is 4.26. The highest BCUT2D eigenvalue weighted by Gasteiger charge is 2.35. The number of alkyl halides is 3. The number of benzene rings is 1. The number of Topliss-reactive ketones (excluding diaryl/α,β-unsaturated/α-hetero) is 1. The summed E-state index contributed by atoms with van der Waals surface area (Å²) in [5, 5.41) is 0. The van der Waals surface area contributed by atoms with Gasteiger partial charge in [-0.25, -0.2) is 0 Å². The van der Waals surface area contributed by atoms with Gasteiger partial charge in [-0.2, -0.15) is 13.2 Å². The van der Waals surface area contributed by atoms with Crippen LogP contribution in [-0.4, -0.2) is 17.9 Å². The van der Waals surface area contributed by atoms with Crippen molar-refractivity contribution in [1.29, 1.82) is 0 Å². The lowest BCUT2D eigenvalue weighted by Gasteiger charge is -2.12. The second-order valence-corrected chi connectivity index (χ2v) is 4.33. The molecule has 0 unspecified atom stereocenters. The number of hydrogen-bond donors (Lipinski definition) is 0. The highest BCUT2D eigenvalue weighted by Crippen LogP contribution is 2.32. The van der Waals surface area contributed by atoms with Crippen LogP contribution in [0.25, 0.3) is 0 Å². The minimum absolute atomic E-state index is 0.182. The van der Waals surface area contributed by atoms with Crippen molar-refractivity contribution < 1.29 is 22.7 Å². The summed E-state index contributed by atoms with van der Waals surface area (Å²) in [6.07, 6.45) is -2.81. The van der Waals surface area contributed by atoms with Gasteiger partial charge in [0.25, 0.3) is 0 Å². The molecule has 0 N–H and O–H groups in total. The van der Waals surface area contributed by atoms with Gasteiger partial charge in [0.1, 0.15) is 5.75 Å². The molecule has 0 saturated heterocycles. The van der Waals surface area contributed by atoms with E-state index in [9.17, 15) is 18.0 Å². The maximum Gasteiger partial charge on any atom is 0.417 e. The summed E-state index contributed by atoms with van der Waals surface area (Å²) in [5.41, 5.74) is -0.879. The van der Waals surface area contributed by atoms with E-state index in [2.05, 4.69) is 4.98 Å². The largest absolute Gasteiger partial charge is 0.496 e. The van der Waals surface area contributed by atoms with Crippen molar-refractivity contribution >= 4 is 5.78 Å². The maximum atomic E-state index is 12.9. The highest BCUT2D eigenvalue weighted by molar-refractivity contribution is 5.99. The molecule has 0 bridgehead atoms. The van der Waals surface area contributed by atoms with Crippen molar-refractivity contribution in [3.8, 4) is 5.75 Å². The van der Waals surface area contributed by atoms with Crippen LogP contribution >= 0.6 is 0 Å². The molecule has 2 rings (SSSR count). The Morgan fingerprint density at radius 2 is 1.95 bits per heavy atom. The molecule has 0 spiro atoms. The van der Waals surface area contributed by atoms with E-state index < -0.39 is 23.1 Å². The van der Waals surface area contributed by atoms with Crippen molar-refractivity contribution in [3.63, 3.8) is 0 Å². The summed E-state index contributed by atoms with van der Waals surface area (Å²) in [6, 6.07) is 7.50. The van der Waals surface area contributed by atoms with Crippen molar-refractivity contribution in [1.82, 2.24) is 4.98 Å². The fraction of sp³-hybridized carbons (Fsp3) is 0.200. The van der Waals surface area contributed by atoms with Crippen molar-refractivity contribution in [3.05, 3.63) is 59.4 Å². The van der Waals surface area contributed by atoms with Gasteiger partial charge >= 0.3 is 6.18 Å². The van der Waals surface area contributed by atoms with E-state index in [0.29, 0.717) is 11.3 Å². The van der Waals surface area contributed by atoms with Crippen LogP contribution in [0.5, 0.6) is 5.75 Å². The molecule has 1 aromatic heterocycles. The number of carbonyl (C=O) groups excluding carboxylic acids is 1. The summed E-state index contributed by atoms with van der Waals surface area (Å²) in [5.74, 6) is -0.191. The van der Waals surface area contributed by atoms with E-state index in [1.54, 1.807) is 24.3 Å². The number of aromatic nitrogens is 1. The first-order chi connectivity index (χ1) is 9.93. The average molecular weight is 295 g/mol. The predicted molar refractivity (Wildman–Crippen MR) is 70.3 cm³/mol. The van der Waals surface area contributed by atoms with Crippen molar-refractivity contribution in [2.24, 2.45) is 0 Å². The van der Waals surface area contributed by atoms with Crippen LogP contribution in [0.3, 0.4) is 0 Å². The Balaban J connectivity index is 2.34. The molecule has 3 nitrogen and oxygen atoms in total. The van der Waals surface area contributed by atoms with E-state index in [4.69, 9.17) is 4.74 Å². The van der Waals surface area contributed by atoms with Gasteiger partial charge < -0.3 is 4.74 Å². The molecule has 1 heterocycles. The number of nitrogens with zero attached hydrogens (tertiary/aromatic N) is 1. The molecule has 1 aromatic carbocycles. The van der Waals surface area contributed by atoms with Crippen LogP contribution in [0, 0.1) is 0 Å². The average Bonchev–Trinajstić information content (AvgIpc) is 2.47. The zero-order valence-corrected chi connectivity index (χ0v) is 11.1. The number of para-hydroxylation sites is 1. The molecule has 0 atom stereocenters. The normalized spacial score (nSPS) is 11.2. The van der Waals surface area contributed by atoms with Crippen LogP contribution in [0.4, 0.5) is 13.2 Å². The molecular weight excluding hydrogens is 283 g/mol. The molecule has 0 saturated carbocycles. The van der Waals surface area contributed by atoms with Gasteiger partial charge in [-0.1, -0.05) is 18.2 Å². The second kappa shape index (κ2) is 5.95. The van der Waals surface area contributed by atoms with Gasteiger partial charge in [-0.3, -0.25) is 9.78 Å². The molecule has 0 fully saturated rings. The molecule has 0 radical (unpaired) electrons. The van der Waals surface area contributed by atoms with Gasteiger partial charge in [0.15, 0.2) is 5.78 Å². The SMILES string of the molecule is COc1ccccc1CC(=O)c1cnccc1C(F)(F)F. The minimum atomic E-state index is -4.59. The second-order valence-electron chi connectivity index (χ2n) is 4.33. The number of ether oxygens (including phenoxy) is 1. The fourth-order valence-corrected chi connectivity index (χ4v) is 1.98. The Bertz CT molecular complexity index is 653. The lowest BCUT2D eigenvalue weighted by molar-refractivity contribution is -0.138. The quantitative estimate of drug-likeness (QED) is 0.810. The standard InChI is InChI=1S/C15H12F3NO2/c1-21-14-5-3-2-4-10(14)8-13(20)11-9-19-7-6-12(11)15(16,17)18/h2-7,9H,8H2,1H3. The Morgan fingerprint density at radius 3 is 2.62 bits per heavy atom. The number of pyridine rings is 1. The summed E-state index contributed by atoms with van der Waals surface area (Å²) in [6.45, 7) is 0. The smallest absolute Gasteiger partial charge is 0.417 e. The van der Waals surface area contributed by atoms with Gasteiger partial charge in [-0.05, 0) is 12.1 Å². The third kappa shape index (κ3) is 3.39. The van der Waals surface area contributed by atoms with Gasteiger partial charge in [0.05, 0.1) is 12.7 Å². The number of methoxy groups -OCH3 is 1. The lowest BCUT2D eigenvalue weighted by Crippen LogP contribution is -2.15. The fourth-order valence-electron chi connectivity index (χ4n) is 1.98. The van der Waals surface area contributed by atoms with Gasteiger partial charge in [-0.15, -0.1) is 0 Å². The first-order valence-electron chi connectivity index (χ1n) is 6.09. The molecule has 0 aliphatic rings. The van der Waals surface area contributed by atoms with Crippen molar-refractivity contribution in [2.45, 2.75) is 12.6 Å². The first kappa shape index (κ1) is 15.0. The number of hydrogen-bond acceptors (Lipinski definition) is 3. The molecular formula is C15H12F3NO2. The molecule has 6 heteroatoms. The number of ketones is 1. The number of halogens is 3. The zero-order chi connectivity index (χ0) is 15.5. The van der Waals surface area contributed by atoms with Crippen LogP contribution < -0.4 is 4.74 Å². The summed E-state index contributed by atoms with van der Waals surface area (Å²) < 4.78 is 43.8. The lowest BCUT2D eigenvalue weighted by atomic mass is 9.99. The first-order valence-corrected chi connectivity index (χ1v) is 6.09. The number of rotatable bonds is 4. The Morgan fingerprint density at radius 1 is 1.24 bits per heavy atom. The third-order valence-electron chi connectivity index (χ3n) is 2.97. The van der Waals surface area contributed by atoms with E-state index in [1.807, 2.05) is 0 Å². The highest BCUT2D eigenvalue weighted by atomic mass is 19.4. The topological polar surface area (TPSA) is 39.2 Å². The maximum absolute atomic E-state index is 12.9. The van der Waals surface area contributed by atoms with Crippen LogP contribution in [0.1, 0.15) is 21.5 Å². The molecule has 0 aliphatic heterocycles. The minimum Gasteiger partial charge on any atom is -0.496 e. The van der Waals surface area contributed by atoms with Gasteiger partial charge in [0.2, 0.25) is 0 Å². The van der Waals surface area contributed by atoms with Crippen LogP contribution in [0.15, 0.2) is 42.7 Å². The van der Waals surface area contributed by atoms with E-state index in [0.717, 1.165) is 18.5 Å². The summed E-state index contributed by atoms with van der Waals surface area (Å²) >= 11 is 0. The Hall–Kier alpha value is -2.37. The Labute approximate surface area is 119 Å². The molecule has 2 aromatic rings. The summed E-state index contributed by atoms with van der Waals surface area (Å²) in [7, 11) is 1.44. The van der Waals surface area contributed by atoms with Crippen molar-refractivity contribution in [2.75, 3.05) is 7.11 Å². The van der Waals surface area contributed by atoms with E-state index >= 15 is 0 Å². The van der Waals surface area contributed by atoms with Crippen LogP contribution in [-0.2, 0) is 12.6 Å². The molecule has 0 amide bonds. The van der Waals surface area contributed by atoms with Crippen LogP contribution in [0.2, 0.25) is 0 Å². The summed E-state index contributed by atoms with van der Waals surface area (Å²) in [4.78, 5) is 15.8. The predicted octanol–water partition coefficient (Wildman–Crippen LogP) is 3.53. The number of carbonyl (C=O) groups is 1. The van der Waals surface area contributed by atoms with E-state index in [1.165, 1.54) is 7.11 Å². The zero-order valence-electron chi connectivity index (χ0n) is 11.1.